The summed E-state index contributed by atoms with van der Waals surface area (Å²) >= 11 is 7.65. The van der Waals surface area contributed by atoms with Crippen molar-refractivity contribution in [1.82, 2.24) is 15.0 Å². The number of fused-ring (bicyclic) bond motifs is 2. The van der Waals surface area contributed by atoms with E-state index in [2.05, 4.69) is 44.6 Å². The van der Waals surface area contributed by atoms with Crippen molar-refractivity contribution in [2.45, 2.75) is 0 Å². The number of thiazole rings is 1. The summed E-state index contributed by atoms with van der Waals surface area (Å²) in [6.45, 7) is 0. The lowest BCUT2D eigenvalue weighted by Gasteiger charge is -2.03. The van der Waals surface area contributed by atoms with Crippen LogP contribution < -0.4 is 0 Å². The molecule has 6 aromatic rings. The smallest absolute Gasteiger partial charge is 0.209 e. The molecule has 0 aliphatic heterocycles. The van der Waals surface area contributed by atoms with Gasteiger partial charge in [-0.1, -0.05) is 60.1 Å². The number of hydrogen-bond donors (Lipinski definition) is 2. The minimum atomic E-state index is 0.717. The first-order valence-corrected chi connectivity index (χ1v) is 11.4. The Labute approximate surface area is 193 Å². The average molecular weight is 453 g/mol. The van der Waals surface area contributed by atoms with Crippen LogP contribution in [-0.2, 0) is 0 Å². The van der Waals surface area contributed by atoms with Crippen molar-refractivity contribution in [3.05, 3.63) is 95.0 Å². The SMILES string of the molecule is Clc1ccc(-c2[nH]c3ccccc3c2-c2csc(N=Cc3c[nH]c4ccccc34)n2)cc1. The van der Waals surface area contributed by atoms with E-state index in [9.17, 15) is 0 Å². The fraction of sp³-hybridized carbons (Fsp3) is 0. The number of para-hydroxylation sites is 2. The molecule has 0 spiro atoms. The van der Waals surface area contributed by atoms with E-state index in [-0.39, 0.29) is 0 Å². The van der Waals surface area contributed by atoms with Gasteiger partial charge in [0.05, 0.1) is 11.4 Å². The van der Waals surface area contributed by atoms with E-state index in [1.54, 1.807) is 0 Å². The summed E-state index contributed by atoms with van der Waals surface area (Å²) in [7, 11) is 0. The third kappa shape index (κ3) is 3.32. The lowest BCUT2D eigenvalue weighted by atomic mass is 10.0. The molecular formula is C26H17ClN4S. The van der Waals surface area contributed by atoms with Crippen LogP contribution in [0.25, 0.3) is 44.3 Å². The highest BCUT2D eigenvalue weighted by molar-refractivity contribution is 7.13. The van der Waals surface area contributed by atoms with E-state index in [0.29, 0.717) is 5.02 Å². The van der Waals surface area contributed by atoms with Crippen molar-refractivity contribution in [2.75, 3.05) is 0 Å². The van der Waals surface area contributed by atoms with Crippen LogP contribution in [0, 0.1) is 0 Å². The second-order valence-corrected chi connectivity index (χ2v) is 8.76. The van der Waals surface area contributed by atoms with E-state index in [1.165, 1.54) is 11.3 Å². The molecule has 2 N–H and O–H groups in total. The molecule has 6 heteroatoms. The molecule has 0 atom stereocenters. The maximum Gasteiger partial charge on any atom is 0.209 e. The van der Waals surface area contributed by atoms with Crippen molar-refractivity contribution in [1.29, 1.82) is 0 Å². The van der Waals surface area contributed by atoms with Gasteiger partial charge in [-0.2, -0.15) is 0 Å². The van der Waals surface area contributed by atoms with Crippen LogP contribution in [0.4, 0.5) is 5.13 Å². The number of aromatic nitrogens is 3. The van der Waals surface area contributed by atoms with Crippen LogP contribution in [0.2, 0.25) is 5.02 Å². The lowest BCUT2D eigenvalue weighted by molar-refractivity contribution is 1.36. The predicted molar refractivity (Wildman–Crippen MR) is 135 cm³/mol. The molecule has 154 valence electrons. The van der Waals surface area contributed by atoms with E-state index in [0.717, 1.165) is 55.0 Å². The Morgan fingerprint density at radius 1 is 0.875 bits per heavy atom. The Bertz CT molecular complexity index is 1590. The zero-order valence-corrected chi connectivity index (χ0v) is 18.4. The van der Waals surface area contributed by atoms with Gasteiger partial charge in [0.1, 0.15) is 0 Å². The molecular weight excluding hydrogens is 436 g/mol. The number of halogens is 1. The summed E-state index contributed by atoms with van der Waals surface area (Å²) in [4.78, 5) is 16.3. The fourth-order valence-corrected chi connectivity index (χ4v) is 4.78. The average Bonchev–Trinajstić information content (AvgIpc) is 3.54. The molecule has 4 nitrogen and oxygen atoms in total. The van der Waals surface area contributed by atoms with E-state index in [1.807, 2.05) is 60.9 Å². The molecule has 0 saturated heterocycles. The van der Waals surface area contributed by atoms with Crippen LogP contribution in [0.3, 0.4) is 0 Å². The highest BCUT2D eigenvalue weighted by Gasteiger charge is 2.17. The molecule has 3 aromatic heterocycles. The summed E-state index contributed by atoms with van der Waals surface area (Å²) in [6, 6.07) is 24.4. The maximum atomic E-state index is 6.11. The Kier molecular flexibility index (Phi) is 4.63. The van der Waals surface area contributed by atoms with Crippen LogP contribution in [0.5, 0.6) is 0 Å². The number of rotatable bonds is 4. The number of aliphatic imine (C=N–C) groups is 1. The third-order valence-electron chi connectivity index (χ3n) is 5.52. The molecule has 0 unspecified atom stereocenters. The quantitative estimate of drug-likeness (QED) is 0.263. The van der Waals surface area contributed by atoms with Gasteiger partial charge in [0.15, 0.2) is 0 Å². The highest BCUT2D eigenvalue weighted by atomic mass is 35.5. The molecule has 0 aliphatic rings. The molecule has 0 fully saturated rings. The molecule has 0 saturated carbocycles. The summed E-state index contributed by atoms with van der Waals surface area (Å²) in [6.07, 6.45) is 3.85. The molecule has 0 amide bonds. The zero-order valence-electron chi connectivity index (χ0n) is 16.8. The summed E-state index contributed by atoms with van der Waals surface area (Å²) in [5.74, 6) is 0. The van der Waals surface area contributed by atoms with Gasteiger partial charge >= 0.3 is 0 Å². The van der Waals surface area contributed by atoms with Crippen molar-refractivity contribution in [3.63, 3.8) is 0 Å². The van der Waals surface area contributed by atoms with Gasteiger partial charge in [-0.3, -0.25) is 0 Å². The number of aromatic amines is 2. The van der Waals surface area contributed by atoms with Crippen molar-refractivity contribution >= 4 is 56.1 Å². The molecule has 0 aliphatic carbocycles. The van der Waals surface area contributed by atoms with Crippen molar-refractivity contribution in [2.24, 2.45) is 4.99 Å². The Morgan fingerprint density at radius 2 is 1.62 bits per heavy atom. The lowest BCUT2D eigenvalue weighted by Crippen LogP contribution is -1.83. The van der Waals surface area contributed by atoms with Crippen LogP contribution in [0.1, 0.15) is 5.56 Å². The number of hydrogen-bond acceptors (Lipinski definition) is 3. The Morgan fingerprint density at radius 3 is 2.47 bits per heavy atom. The summed E-state index contributed by atoms with van der Waals surface area (Å²) < 4.78 is 0. The number of nitrogens with zero attached hydrogens (tertiary/aromatic N) is 2. The second-order valence-electron chi connectivity index (χ2n) is 7.49. The monoisotopic (exact) mass is 452 g/mol. The minimum absolute atomic E-state index is 0.717. The largest absolute Gasteiger partial charge is 0.361 e. The maximum absolute atomic E-state index is 6.11. The molecule has 6 rings (SSSR count). The first kappa shape index (κ1) is 19.0. The van der Waals surface area contributed by atoms with E-state index >= 15 is 0 Å². The Balaban J connectivity index is 1.42. The van der Waals surface area contributed by atoms with Crippen LogP contribution >= 0.6 is 22.9 Å². The van der Waals surface area contributed by atoms with Crippen LogP contribution in [-0.4, -0.2) is 21.2 Å². The standard InChI is InChI=1S/C26H17ClN4S/c27-18-11-9-16(10-12-18)25-24(20-6-2-4-8-22(20)30-25)23-15-32-26(31-23)29-14-17-13-28-21-7-3-1-5-19(17)21/h1-15,28,30H. The molecule has 3 aromatic carbocycles. The predicted octanol–water partition coefficient (Wildman–Crippen LogP) is 7.84. The number of nitrogens with one attached hydrogen (secondary N) is 2. The summed E-state index contributed by atoms with van der Waals surface area (Å²) in [5, 5.41) is 5.79. The molecule has 32 heavy (non-hydrogen) atoms. The van der Waals surface area contributed by atoms with E-state index in [4.69, 9.17) is 16.6 Å². The third-order valence-corrected chi connectivity index (χ3v) is 6.52. The van der Waals surface area contributed by atoms with Gasteiger partial charge in [0.25, 0.3) is 0 Å². The van der Waals surface area contributed by atoms with Gasteiger partial charge in [-0.05, 0) is 29.8 Å². The fourth-order valence-electron chi connectivity index (χ4n) is 4.00. The Hall–Kier alpha value is -3.67. The molecule has 0 bridgehead atoms. The minimum Gasteiger partial charge on any atom is -0.361 e. The van der Waals surface area contributed by atoms with Crippen molar-refractivity contribution < 1.29 is 0 Å². The van der Waals surface area contributed by atoms with Gasteiger partial charge < -0.3 is 9.97 Å². The number of H-pyrrole nitrogens is 2. The first-order chi connectivity index (χ1) is 15.8. The van der Waals surface area contributed by atoms with Gasteiger partial charge in [0.2, 0.25) is 5.13 Å². The van der Waals surface area contributed by atoms with Crippen LogP contribution in [0.15, 0.2) is 89.4 Å². The van der Waals surface area contributed by atoms with Crippen molar-refractivity contribution in [3.8, 4) is 22.5 Å². The van der Waals surface area contributed by atoms with E-state index < -0.39 is 0 Å². The zero-order chi connectivity index (χ0) is 21.5. The molecule has 3 heterocycles. The van der Waals surface area contributed by atoms with Gasteiger partial charge in [0, 0.05) is 55.7 Å². The second kappa shape index (κ2) is 7.79. The topological polar surface area (TPSA) is 56.8 Å². The summed E-state index contributed by atoms with van der Waals surface area (Å²) in [5.41, 5.74) is 7.30. The van der Waals surface area contributed by atoms with Gasteiger partial charge in [-0.15, -0.1) is 11.3 Å². The normalized spacial score (nSPS) is 11.8. The first-order valence-electron chi connectivity index (χ1n) is 10.2. The van der Waals surface area contributed by atoms with Gasteiger partial charge in [-0.25, -0.2) is 9.98 Å². The molecule has 0 radical (unpaired) electrons. The number of benzene rings is 3. The highest BCUT2D eigenvalue weighted by Crippen LogP contribution is 2.40.